The second-order valence-corrected chi connectivity index (χ2v) is 6.72. The molecule has 0 aliphatic carbocycles. The summed E-state index contributed by atoms with van der Waals surface area (Å²) in [5, 5.41) is 0.805. The van der Waals surface area contributed by atoms with Crippen LogP contribution < -0.4 is 10.6 Å². The Balaban J connectivity index is 2.57. The van der Waals surface area contributed by atoms with Crippen LogP contribution in [0.1, 0.15) is 4.88 Å². The van der Waals surface area contributed by atoms with Gasteiger partial charge >= 0.3 is 0 Å². The van der Waals surface area contributed by atoms with Crippen molar-refractivity contribution in [2.45, 2.75) is 6.54 Å². The molecule has 0 saturated heterocycles. The molecule has 0 bridgehead atoms. The van der Waals surface area contributed by atoms with Crippen molar-refractivity contribution >= 4 is 26.3 Å². The molecule has 0 fully saturated rings. The van der Waals surface area contributed by atoms with Crippen LogP contribution in [0.3, 0.4) is 0 Å². The average Bonchev–Trinajstić information content (AvgIpc) is 2.61. The first-order valence-corrected chi connectivity index (χ1v) is 7.33. The van der Waals surface area contributed by atoms with Gasteiger partial charge in [-0.1, -0.05) is 0 Å². The smallest absolute Gasteiger partial charge is 0.185 e. The summed E-state index contributed by atoms with van der Waals surface area (Å²) < 4.78 is 21.9. The number of sulfone groups is 1. The molecular weight excluding hydrogens is 234 g/mol. The van der Waals surface area contributed by atoms with E-state index in [4.69, 9.17) is 5.73 Å². The minimum Gasteiger partial charge on any atom is -0.350 e. The molecule has 1 heterocycles. The molecule has 0 unspecified atom stereocenters. The quantitative estimate of drug-likeness (QED) is 0.800. The van der Waals surface area contributed by atoms with E-state index in [1.54, 1.807) is 6.20 Å². The molecule has 0 aromatic carbocycles. The fourth-order valence-electron chi connectivity index (χ4n) is 0.966. The molecule has 0 aliphatic rings. The Hall–Kier alpha value is -0.660. The maximum absolute atomic E-state index is 11.0. The van der Waals surface area contributed by atoms with Crippen molar-refractivity contribution in [2.75, 3.05) is 30.5 Å². The highest BCUT2D eigenvalue weighted by atomic mass is 32.2. The number of thiazole rings is 1. The van der Waals surface area contributed by atoms with Crippen molar-refractivity contribution in [1.29, 1.82) is 0 Å². The fourth-order valence-corrected chi connectivity index (χ4v) is 2.35. The van der Waals surface area contributed by atoms with Crippen LogP contribution in [-0.2, 0) is 16.4 Å². The third-order valence-electron chi connectivity index (χ3n) is 1.87. The molecule has 0 aliphatic heterocycles. The lowest BCUT2D eigenvalue weighted by Gasteiger charge is -2.14. The third-order valence-corrected chi connectivity index (χ3v) is 3.92. The summed E-state index contributed by atoms with van der Waals surface area (Å²) in [7, 11) is -1.09. The van der Waals surface area contributed by atoms with Gasteiger partial charge in [-0.05, 0) is 0 Å². The SMILES string of the molecule is CN(CCS(C)(=O)=O)c1ncc(CN)s1. The molecule has 0 radical (unpaired) electrons. The Morgan fingerprint density at radius 2 is 2.27 bits per heavy atom. The number of aromatic nitrogens is 1. The summed E-state index contributed by atoms with van der Waals surface area (Å²) in [6, 6.07) is 0. The van der Waals surface area contributed by atoms with E-state index in [1.165, 1.54) is 17.6 Å². The number of nitrogens with two attached hydrogens (primary N) is 1. The van der Waals surface area contributed by atoms with Gasteiger partial charge in [0.1, 0.15) is 9.84 Å². The zero-order chi connectivity index (χ0) is 11.5. The molecule has 86 valence electrons. The highest BCUT2D eigenvalue weighted by molar-refractivity contribution is 7.90. The summed E-state index contributed by atoms with van der Waals surface area (Å²) in [5.41, 5.74) is 5.46. The number of rotatable bonds is 5. The van der Waals surface area contributed by atoms with Crippen molar-refractivity contribution in [3.63, 3.8) is 0 Å². The minimum atomic E-state index is -2.92. The molecule has 0 spiro atoms. The van der Waals surface area contributed by atoms with E-state index in [-0.39, 0.29) is 5.75 Å². The number of hydrogen-bond donors (Lipinski definition) is 1. The number of hydrogen-bond acceptors (Lipinski definition) is 6. The van der Waals surface area contributed by atoms with Crippen LogP contribution in [0.5, 0.6) is 0 Å². The van der Waals surface area contributed by atoms with Gasteiger partial charge in [0, 0.05) is 37.5 Å². The molecule has 15 heavy (non-hydrogen) atoms. The van der Waals surface area contributed by atoms with Gasteiger partial charge in [0.2, 0.25) is 0 Å². The summed E-state index contributed by atoms with van der Waals surface area (Å²) in [6.45, 7) is 0.925. The van der Waals surface area contributed by atoms with E-state index in [1.807, 2.05) is 11.9 Å². The van der Waals surface area contributed by atoms with Crippen LogP contribution in [-0.4, -0.2) is 39.0 Å². The van der Waals surface area contributed by atoms with E-state index in [0.29, 0.717) is 13.1 Å². The van der Waals surface area contributed by atoms with Crippen molar-refractivity contribution in [2.24, 2.45) is 5.73 Å². The monoisotopic (exact) mass is 249 g/mol. The lowest BCUT2D eigenvalue weighted by molar-refractivity contribution is 0.601. The van der Waals surface area contributed by atoms with E-state index >= 15 is 0 Å². The Bertz CT molecular complexity index is 413. The van der Waals surface area contributed by atoms with Crippen LogP contribution in [0.4, 0.5) is 5.13 Å². The Morgan fingerprint density at radius 1 is 1.60 bits per heavy atom. The number of nitrogens with zero attached hydrogens (tertiary/aromatic N) is 2. The summed E-state index contributed by atoms with van der Waals surface area (Å²) in [5.74, 6) is 0.140. The Kier molecular flexibility index (Phi) is 4.06. The van der Waals surface area contributed by atoms with Crippen LogP contribution >= 0.6 is 11.3 Å². The van der Waals surface area contributed by atoms with Gasteiger partial charge in [-0.25, -0.2) is 13.4 Å². The predicted octanol–water partition coefficient (Wildman–Crippen LogP) is 0.0826. The number of anilines is 1. The Morgan fingerprint density at radius 3 is 2.73 bits per heavy atom. The van der Waals surface area contributed by atoms with Gasteiger partial charge in [-0.15, -0.1) is 11.3 Å². The van der Waals surface area contributed by atoms with E-state index < -0.39 is 9.84 Å². The van der Waals surface area contributed by atoms with Crippen molar-refractivity contribution < 1.29 is 8.42 Å². The van der Waals surface area contributed by atoms with Crippen LogP contribution in [0.2, 0.25) is 0 Å². The summed E-state index contributed by atoms with van der Waals surface area (Å²) in [4.78, 5) is 6.98. The molecule has 1 aromatic rings. The van der Waals surface area contributed by atoms with Crippen molar-refractivity contribution in [3.05, 3.63) is 11.1 Å². The maximum atomic E-state index is 11.0. The standard InChI is InChI=1S/C8H15N3O2S2/c1-11(3-4-15(2,12)13)8-10-6-7(5-9)14-8/h6H,3-5,9H2,1-2H3. The van der Waals surface area contributed by atoms with Gasteiger partial charge in [-0.3, -0.25) is 0 Å². The average molecular weight is 249 g/mol. The third kappa shape index (κ3) is 4.15. The Labute approximate surface area is 93.8 Å². The summed E-state index contributed by atoms with van der Waals surface area (Å²) in [6.07, 6.45) is 2.95. The molecule has 0 amide bonds. The summed E-state index contributed by atoms with van der Waals surface area (Å²) >= 11 is 1.49. The van der Waals surface area contributed by atoms with Gasteiger partial charge in [0.05, 0.1) is 5.75 Å². The zero-order valence-electron chi connectivity index (χ0n) is 8.80. The highest BCUT2D eigenvalue weighted by Gasteiger charge is 2.09. The molecule has 2 N–H and O–H groups in total. The second-order valence-electron chi connectivity index (χ2n) is 3.36. The molecule has 5 nitrogen and oxygen atoms in total. The first-order chi connectivity index (χ1) is 6.92. The van der Waals surface area contributed by atoms with E-state index in [9.17, 15) is 8.42 Å². The molecule has 0 atom stereocenters. The fraction of sp³-hybridized carbons (Fsp3) is 0.625. The first kappa shape index (κ1) is 12.4. The molecule has 1 aromatic heterocycles. The van der Waals surface area contributed by atoms with Gasteiger partial charge in [-0.2, -0.15) is 0 Å². The van der Waals surface area contributed by atoms with Gasteiger partial charge in [0.25, 0.3) is 0 Å². The predicted molar refractivity (Wildman–Crippen MR) is 63.0 cm³/mol. The zero-order valence-corrected chi connectivity index (χ0v) is 10.4. The maximum Gasteiger partial charge on any atom is 0.185 e. The van der Waals surface area contributed by atoms with E-state index in [0.717, 1.165) is 10.0 Å². The lowest BCUT2D eigenvalue weighted by Crippen LogP contribution is -2.24. The molecule has 0 saturated carbocycles. The van der Waals surface area contributed by atoms with Crippen molar-refractivity contribution in [3.8, 4) is 0 Å². The van der Waals surface area contributed by atoms with E-state index in [2.05, 4.69) is 4.98 Å². The second kappa shape index (κ2) is 4.91. The van der Waals surface area contributed by atoms with Gasteiger partial charge < -0.3 is 10.6 Å². The molecular formula is C8H15N3O2S2. The normalized spacial score (nSPS) is 11.7. The molecule has 7 heteroatoms. The minimum absolute atomic E-state index is 0.140. The lowest BCUT2D eigenvalue weighted by atomic mass is 10.6. The molecule has 1 rings (SSSR count). The van der Waals surface area contributed by atoms with Crippen LogP contribution in [0, 0.1) is 0 Å². The van der Waals surface area contributed by atoms with Crippen molar-refractivity contribution in [1.82, 2.24) is 4.98 Å². The largest absolute Gasteiger partial charge is 0.350 e. The first-order valence-electron chi connectivity index (χ1n) is 4.46. The van der Waals surface area contributed by atoms with Crippen LogP contribution in [0.25, 0.3) is 0 Å². The van der Waals surface area contributed by atoms with Gasteiger partial charge in [0.15, 0.2) is 5.13 Å². The van der Waals surface area contributed by atoms with Crippen LogP contribution in [0.15, 0.2) is 6.20 Å². The topological polar surface area (TPSA) is 76.3 Å². The highest BCUT2D eigenvalue weighted by Crippen LogP contribution is 2.20.